The fraction of sp³-hybridized carbons (Fsp3) is 0.562. The van der Waals surface area contributed by atoms with Gasteiger partial charge in [-0.2, -0.15) is 0 Å². The number of amides is 1. The van der Waals surface area contributed by atoms with Crippen LogP contribution >= 0.6 is 23.4 Å². The molecule has 1 aromatic carbocycles. The molecule has 0 aliphatic heterocycles. The second kappa shape index (κ2) is 8.66. The number of carbonyl (C=O) groups is 1. The zero-order chi connectivity index (χ0) is 15.1. The lowest BCUT2D eigenvalue weighted by Crippen LogP contribution is -2.27. The maximum absolute atomic E-state index is 11.7. The third kappa shape index (κ3) is 5.89. The lowest BCUT2D eigenvalue weighted by atomic mass is 10.1. The Morgan fingerprint density at radius 3 is 2.90 bits per heavy atom. The van der Waals surface area contributed by atoms with Crippen LogP contribution in [0, 0.1) is 0 Å². The molecule has 1 aromatic rings. The van der Waals surface area contributed by atoms with Crippen LogP contribution in [0.4, 0.5) is 0 Å². The molecule has 5 heteroatoms. The molecule has 1 aliphatic carbocycles. The zero-order valence-electron chi connectivity index (χ0n) is 12.1. The Bertz CT molecular complexity index is 463. The quantitative estimate of drug-likeness (QED) is 0.805. The van der Waals surface area contributed by atoms with Crippen molar-refractivity contribution in [1.82, 2.24) is 5.32 Å². The van der Waals surface area contributed by atoms with Gasteiger partial charge in [-0.05, 0) is 37.0 Å². The molecule has 1 fully saturated rings. The van der Waals surface area contributed by atoms with E-state index in [-0.39, 0.29) is 5.91 Å². The Hall–Kier alpha value is -0.710. The van der Waals surface area contributed by atoms with E-state index in [4.69, 9.17) is 11.6 Å². The molecule has 0 aromatic heterocycles. The standard InChI is InChI=1S/C16H22ClNO2S/c17-13-5-3-4-12(10-13)15(19)8-9-18-16(20)11-21-14-6-1-2-7-14/h3-5,10,14-15,19H,1-2,6-9,11H2,(H,18,20)/t15-/m1/s1. The van der Waals surface area contributed by atoms with Gasteiger partial charge in [0.05, 0.1) is 11.9 Å². The number of nitrogens with one attached hydrogen (secondary N) is 1. The summed E-state index contributed by atoms with van der Waals surface area (Å²) in [6, 6.07) is 7.19. The van der Waals surface area contributed by atoms with Crippen LogP contribution in [-0.4, -0.2) is 28.6 Å². The largest absolute Gasteiger partial charge is 0.388 e. The van der Waals surface area contributed by atoms with Crippen LogP contribution in [0.1, 0.15) is 43.8 Å². The molecule has 0 unspecified atom stereocenters. The van der Waals surface area contributed by atoms with Gasteiger partial charge in [0.25, 0.3) is 0 Å². The van der Waals surface area contributed by atoms with Crippen LogP contribution in [0.2, 0.25) is 5.02 Å². The van der Waals surface area contributed by atoms with Crippen molar-refractivity contribution in [2.45, 2.75) is 43.5 Å². The van der Waals surface area contributed by atoms with Crippen LogP contribution in [0.25, 0.3) is 0 Å². The molecule has 1 saturated carbocycles. The highest BCUT2D eigenvalue weighted by Crippen LogP contribution is 2.29. The van der Waals surface area contributed by atoms with E-state index in [9.17, 15) is 9.90 Å². The number of rotatable bonds is 7. The van der Waals surface area contributed by atoms with Crippen molar-refractivity contribution < 1.29 is 9.90 Å². The summed E-state index contributed by atoms with van der Waals surface area (Å²) in [4.78, 5) is 11.7. The lowest BCUT2D eigenvalue weighted by Gasteiger charge is -2.13. The Kier molecular flexibility index (Phi) is 6.87. The van der Waals surface area contributed by atoms with Crippen LogP contribution in [0.15, 0.2) is 24.3 Å². The summed E-state index contributed by atoms with van der Waals surface area (Å²) in [6.45, 7) is 0.484. The Balaban J connectivity index is 1.62. The predicted molar refractivity (Wildman–Crippen MR) is 88.8 cm³/mol. The van der Waals surface area contributed by atoms with Crippen molar-refractivity contribution >= 4 is 29.3 Å². The number of benzene rings is 1. The number of hydrogen-bond donors (Lipinski definition) is 2. The van der Waals surface area contributed by atoms with E-state index < -0.39 is 6.10 Å². The summed E-state index contributed by atoms with van der Waals surface area (Å²) in [5.74, 6) is 0.586. The third-order valence-electron chi connectivity index (χ3n) is 3.73. The molecule has 1 aliphatic rings. The minimum atomic E-state index is -0.591. The molecule has 1 amide bonds. The van der Waals surface area contributed by atoms with Crippen LogP contribution < -0.4 is 5.32 Å². The van der Waals surface area contributed by atoms with E-state index in [1.165, 1.54) is 25.7 Å². The molecule has 3 nitrogen and oxygen atoms in total. The van der Waals surface area contributed by atoms with E-state index >= 15 is 0 Å². The highest BCUT2D eigenvalue weighted by atomic mass is 35.5. The van der Waals surface area contributed by atoms with Crippen LogP contribution in [0.3, 0.4) is 0 Å². The van der Waals surface area contributed by atoms with Gasteiger partial charge >= 0.3 is 0 Å². The molecule has 116 valence electrons. The highest BCUT2D eigenvalue weighted by molar-refractivity contribution is 8.00. The summed E-state index contributed by atoms with van der Waals surface area (Å²) >= 11 is 7.65. The maximum Gasteiger partial charge on any atom is 0.230 e. The van der Waals surface area contributed by atoms with Gasteiger partial charge in [0.15, 0.2) is 0 Å². The van der Waals surface area contributed by atoms with Crippen molar-refractivity contribution in [3.05, 3.63) is 34.9 Å². The third-order valence-corrected chi connectivity index (χ3v) is 5.33. The molecule has 2 N–H and O–H groups in total. The van der Waals surface area contributed by atoms with Crippen LogP contribution in [0.5, 0.6) is 0 Å². The van der Waals surface area contributed by atoms with E-state index in [0.717, 1.165) is 5.56 Å². The number of halogens is 1. The normalized spacial score (nSPS) is 16.9. The second-order valence-corrected chi connectivity index (χ2v) is 7.15. The highest BCUT2D eigenvalue weighted by Gasteiger charge is 2.16. The van der Waals surface area contributed by atoms with Gasteiger partial charge in [0.1, 0.15) is 0 Å². The van der Waals surface area contributed by atoms with Gasteiger partial charge in [-0.25, -0.2) is 0 Å². The average Bonchev–Trinajstić information content (AvgIpc) is 2.98. The number of aliphatic hydroxyl groups is 1. The number of thioether (sulfide) groups is 1. The number of hydrogen-bond acceptors (Lipinski definition) is 3. The summed E-state index contributed by atoms with van der Waals surface area (Å²) < 4.78 is 0. The van der Waals surface area contributed by atoms with Gasteiger partial charge in [0.2, 0.25) is 5.91 Å². The number of carbonyl (C=O) groups excluding carboxylic acids is 1. The SMILES string of the molecule is O=C(CSC1CCCC1)NCC[C@@H](O)c1cccc(Cl)c1. The first-order valence-corrected chi connectivity index (χ1v) is 8.89. The Labute approximate surface area is 135 Å². The zero-order valence-corrected chi connectivity index (χ0v) is 13.6. The van der Waals surface area contributed by atoms with E-state index in [1.807, 2.05) is 12.1 Å². The molecule has 0 radical (unpaired) electrons. The van der Waals surface area contributed by atoms with Crippen molar-refractivity contribution in [1.29, 1.82) is 0 Å². The summed E-state index contributed by atoms with van der Waals surface area (Å²) in [5.41, 5.74) is 0.789. The molecule has 0 bridgehead atoms. The maximum atomic E-state index is 11.7. The van der Waals surface area contributed by atoms with Gasteiger partial charge in [-0.3, -0.25) is 4.79 Å². The first-order chi connectivity index (χ1) is 10.1. The first kappa shape index (κ1) is 16.7. The smallest absolute Gasteiger partial charge is 0.230 e. The lowest BCUT2D eigenvalue weighted by molar-refractivity contribution is -0.118. The molecule has 0 saturated heterocycles. The molecule has 0 heterocycles. The summed E-state index contributed by atoms with van der Waals surface area (Å²) in [7, 11) is 0. The monoisotopic (exact) mass is 327 g/mol. The molecular formula is C16H22ClNO2S. The van der Waals surface area contributed by atoms with Gasteiger partial charge in [-0.1, -0.05) is 36.6 Å². The predicted octanol–water partition coefficient (Wildman–Crippen LogP) is 3.56. The second-order valence-electron chi connectivity index (χ2n) is 5.43. The minimum Gasteiger partial charge on any atom is -0.388 e. The summed E-state index contributed by atoms with van der Waals surface area (Å²) in [5, 5.41) is 14.2. The van der Waals surface area contributed by atoms with E-state index in [2.05, 4.69) is 5.32 Å². The topological polar surface area (TPSA) is 49.3 Å². The van der Waals surface area contributed by atoms with Crippen molar-refractivity contribution in [2.24, 2.45) is 0 Å². The van der Waals surface area contributed by atoms with Crippen molar-refractivity contribution in [3.63, 3.8) is 0 Å². The van der Waals surface area contributed by atoms with Crippen molar-refractivity contribution in [2.75, 3.05) is 12.3 Å². The fourth-order valence-corrected chi connectivity index (χ4v) is 3.88. The Morgan fingerprint density at radius 1 is 1.43 bits per heavy atom. The van der Waals surface area contributed by atoms with Gasteiger partial charge in [-0.15, -0.1) is 11.8 Å². The van der Waals surface area contributed by atoms with E-state index in [0.29, 0.717) is 29.0 Å². The minimum absolute atomic E-state index is 0.0604. The first-order valence-electron chi connectivity index (χ1n) is 7.47. The molecule has 1 atom stereocenters. The number of aliphatic hydroxyl groups excluding tert-OH is 1. The molecule has 0 spiro atoms. The van der Waals surface area contributed by atoms with Gasteiger partial charge < -0.3 is 10.4 Å². The van der Waals surface area contributed by atoms with Crippen molar-refractivity contribution in [3.8, 4) is 0 Å². The van der Waals surface area contributed by atoms with Crippen LogP contribution in [-0.2, 0) is 4.79 Å². The molecular weight excluding hydrogens is 306 g/mol. The van der Waals surface area contributed by atoms with E-state index in [1.54, 1.807) is 23.9 Å². The van der Waals surface area contributed by atoms with Gasteiger partial charge in [0, 0.05) is 16.8 Å². The summed E-state index contributed by atoms with van der Waals surface area (Å²) in [6.07, 6.45) is 4.99. The average molecular weight is 328 g/mol. The molecule has 21 heavy (non-hydrogen) atoms. The Morgan fingerprint density at radius 2 is 2.19 bits per heavy atom. The fourth-order valence-electron chi connectivity index (χ4n) is 2.53. The molecule has 2 rings (SSSR count).